The highest BCUT2D eigenvalue weighted by atomic mass is 16.6. The summed E-state index contributed by atoms with van der Waals surface area (Å²) in [6.45, 7) is 24.2. The molecule has 0 aliphatic carbocycles. The summed E-state index contributed by atoms with van der Waals surface area (Å²) >= 11 is 0. The van der Waals surface area contributed by atoms with Gasteiger partial charge in [-0.2, -0.15) is 0 Å². The molecule has 0 aromatic carbocycles. The fourth-order valence-electron chi connectivity index (χ4n) is 1.94. The number of hydrogen-bond acceptors (Lipinski definition) is 4. The molecule has 26 heavy (non-hydrogen) atoms. The van der Waals surface area contributed by atoms with Crippen LogP contribution in [0.1, 0.15) is 81.6 Å². The lowest BCUT2D eigenvalue weighted by Crippen LogP contribution is -2.38. The molecule has 5 heteroatoms. The summed E-state index contributed by atoms with van der Waals surface area (Å²) in [6, 6.07) is 0.653. The van der Waals surface area contributed by atoms with E-state index in [9.17, 15) is 4.79 Å². The lowest BCUT2D eigenvalue weighted by molar-refractivity contribution is 0.0521. The largest absolute Gasteiger partial charge is 0.516 e. The van der Waals surface area contributed by atoms with Crippen LogP contribution in [-0.4, -0.2) is 47.4 Å². The Hall–Kier alpha value is -1.23. The number of nitrogens with zero attached hydrogens (tertiary/aromatic N) is 1. The zero-order valence-electron chi connectivity index (χ0n) is 18.9. The number of carbonyl (C=O) groups is 1. The number of ether oxygens (including phenoxy) is 1. The highest BCUT2D eigenvalue weighted by Crippen LogP contribution is 2.15. The summed E-state index contributed by atoms with van der Waals surface area (Å²) in [4.78, 5) is 13.8. The fraction of sp³-hybridized carbons (Fsp3) is 0.857. The lowest BCUT2D eigenvalue weighted by Gasteiger charge is -2.22. The summed E-state index contributed by atoms with van der Waals surface area (Å²) in [5.74, 6) is 0.833. The Balaban J connectivity index is -0.000000439. The Morgan fingerprint density at radius 2 is 1.77 bits per heavy atom. The van der Waals surface area contributed by atoms with E-state index in [0.29, 0.717) is 12.6 Å². The van der Waals surface area contributed by atoms with Crippen molar-refractivity contribution in [2.24, 2.45) is 5.92 Å². The Labute approximate surface area is 163 Å². The molecule has 1 heterocycles. The van der Waals surface area contributed by atoms with Crippen LogP contribution in [0.15, 0.2) is 12.8 Å². The van der Waals surface area contributed by atoms with E-state index in [2.05, 4.69) is 58.3 Å². The fourth-order valence-corrected chi connectivity index (χ4v) is 1.94. The van der Waals surface area contributed by atoms with Gasteiger partial charge in [-0.3, -0.25) is 4.90 Å². The number of hydrogen-bond donors (Lipinski definition) is 2. The Kier molecular flexibility index (Phi) is 21.1. The monoisotopic (exact) mass is 374 g/mol. The molecule has 0 saturated carbocycles. The lowest BCUT2D eigenvalue weighted by atomic mass is 10.2. The van der Waals surface area contributed by atoms with Gasteiger partial charge in [0.15, 0.2) is 0 Å². The van der Waals surface area contributed by atoms with E-state index in [4.69, 9.17) is 9.84 Å². The molecule has 1 saturated heterocycles. The van der Waals surface area contributed by atoms with Crippen LogP contribution in [-0.2, 0) is 4.74 Å². The van der Waals surface area contributed by atoms with Crippen molar-refractivity contribution < 1.29 is 14.6 Å². The average molecular weight is 375 g/mol. The van der Waals surface area contributed by atoms with Gasteiger partial charge in [0.25, 0.3) is 0 Å². The van der Waals surface area contributed by atoms with Crippen LogP contribution in [0.5, 0.6) is 0 Å². The molecular weight excluding hydrogens is 328 g/mol. The molecule has 1 amide bonds. The van der Waals surface area contributed by atoms with E-state index in [-0.39, 0.29) is 6.09 Å². The molecule has 0 aromatic heterocycles. The normalized spacial score (nSPS) is 16.2. The number of aliphatic hydroxyl groups is 1. The summed E-state index contributed by atoms with van der Waals surface area (Å²) in [6.07, 6.45) is 4.22. The van der Waals surface area contributed by atoms with Crippen molar-refractivity contribution in [3.05, 3.63) is 12.8 Å². The van der Waals surface area contributed by atoms with E-state index >= 15 is 0 Å². The number of alkyl carbamates (subject to hydrolysis) is 1. The van der Waals surface area contributed by atoms with Crippen molar-refractivity contribution in [1.29, 1.82) is 0 Å². The van der Waals surface area contributed by atoms with Gasteiger partial charge in [-0.25, -0.2) is 4.79 Å². The van der Waals surface area contributed by atoms with Gasteiger partial charge in [-0.1, -0.05) is 47.6 Å². The minimum Gasteiger partial charge on any atom is -0.516 e. The van der Waals surface area contributed by atoms with Crippen LogP contribution in [0.4, 0.5) is 4.79 Å². The minimum atomic E-state index is -0.412. The summed E-state index contributed by atoms with van der Waals surface area (Å²) in [7, 11) is 0. The molecule has 5 nitrogen and oxygen atoms in total. The molecule has 0 aromatic rings. The standard InChI is InChI=1S/C12H24N2O2.C4H10.C3H8.C2H4O/c1-10-6-5-8-14(10)9-7-13-11(15)16-12(2,3)4;1-4(2)3;1-3-2;1-2-3/h10H,5-9H2,1-4H3,(H,13,15);4H,1-3H3;3H2,1-2H3;2-3H,1H2. The van der Waals surface area contributed by atoms with Crippen molar-refractivity contribution in [2.45, 2.75) is 93.2 Å². The first kappa shape index (κ1) is 29.5. The van der Waals surface area contributed by atoms with Crippen molar-refractivity contribution in [2.75, 3.05) is 19.6 Å². The van der Waals surface area contributed by atoms with Gasteiger partial charge < -0.3 is 15.2 Å². The number of nitrogens with one attached hydrogen (secondary N) is 1. The number of amides is 1. The zero-order chi connectivity index (χ0) is 21.2. The molecule has 0 radical (unpaired) electrons. The Morgan fingerprint density at radius 3 is 2.08 bits per heavy atom. The number of likely N-dealkylation sites (tertiary alicyclic amines) is 1. The molecule has 1 atom stereocenters. The van der Waals surface area contributed by atoms with Crippen molar-refractivity contribution in [1.82, 2.24) is 10.2 Å². The number of rotatable bonds is 3. The van der Waals surface area contributed by atoms with Crippen molar-refractivity contribution in [3.63, 3.8) is 0 Å². The second-order valence-corrected chi connectivity index (χ2v) is 8.08. The molecule has 158 valence electrons. The molecule has 1 unspecified atom stereocenters. The van der Waals surface area contributed by atoms with E-state index in [1.807, 2.05) is 20.8 Å². The van der Waals surface area contributed by atoms with Crippen LogP contribution in [0, 0.1) is 5.92 Å². The van der Waals surface area contributed by atoms with E-state index in [1.165, 1.54) is 19.3 Å². The maximum Gasteiger partial charge on any atom is 0.407 e. The topological polar surface area (TPSA) is 61.8 Å². The van der Waals surface area contributed by atoms with Crippen LogP contribution in [0.3, 0.4) is 0 Å². The molecule has 1 fully saturated rings. The average Bonchev–Trinajstić information content (AvgIpc) is 2.83. The molecule has 1 aliphatic rings. The second-order valence-electron chi connectivity index (χ2n) is 8.08. The predicted molar refractivity (Wildman–Crippen MR) is 114 cm³/mol. The van der Waals surface area contributed by atoms with Crippen LogP contribution in [0.2, 0.25) is 0 Å². The van der Waals surface area contributed by atoms with Crippen molar-refractivity contribution in [3.8, 4) is 0 Å². The molecule has 2 N–H and O–H groups in total. The first-order valence-electron chi connectivity index (χ1n) is 9.90. The van der Waals surface area contributed by atoms with Crippen LogP contribution >= 0.6 is 0 Å². The summed E-state index contributed by atoms with van der Waals surface area (Å²) < 4.78 is 5.16. The summed E-state index contributed by atoms with van der Waals surface area (Å²) in [5.41, 5.74) is -0.412. The van der Waals surface area contributed by atoms with Crippen LogP contribution < -0.4 is 5.32 Å². The summed E-state index contributed by atoms with van der Waals surface area (Å²) in [5, 5.41) is 10.1. The van der Waals surface area contributed by atoms with Gasteiger partial charge in [0, 0.05) is 19.1 Å². The SMILES string of the molecule is C=CO.CC(C)C.CC1CCCN1CCNC(=O)OC(C)(C)C.CCC. The molecule has 1 rings (SSSR count). The smallest absolute Gasteiger partial charge is 0.407 e. The first-order valence-corrected chi connectivity index (χ1v) is 9.90. The van der Waals surface area contributed by atoms with Gasteiger partial charge in [-0.05, 0) is 53.0 Å². The third-order valence-corrected chi connectivity index (χ3v) is 2.76. The van der Waals surface area contributed by atoms with Crippen LogP contribution in [0.25, 0.3) is 0 Å². The quantitative estimate of drug-likeness (QED) is 0.616. The minimum absolute atomic E-state index is 0.320. The van der Waals surface area contributed by atoms with E-state index in [0.717, 1.165) is 25.3 Å². The maximum atomic E-state index is 11.4. The molecule has 0 bridgehead atoms. The molecular formula is C21H46N2O3. The highest BCUT2D eigenvalue weighted by molar-refractivity contribution is 5.67. The Bertz CT molecular complexity index is 323. The zero-order valence-corrected chi connectivity index (χ0v) is 18.9. The van der Waals surface area contributed by atoms with E-state index in [1.54, 1.807) is 0 Å². The Morgan fingerprint density at radius 1 is 1.35 bits per heavy atom. The maximum absolute atomic E-state index is 11.4. The number of carbonyl (C=O) groups excluding carboxylic acids is 1. The molecule has 1 aliphatic heterocycles. The van der Waals surface area contributed by atoms with Gasteiger partial charge in [0.2, 0.25) is 0 Å². The van der Waals surface area contributed by atoms with Gasteiger partial charge in [0.05, 0.1) is 6.26 Å². The first-order chi connectivity index (χ1) is 11.9. The molecule has 0 spiro atoms. The third kappa shape index (κ3) is 27.6. The predicted octanol–water partition coefficient (Wildman–Crippen LogP) is 5.76. The number of aliphatic hydroxyl groups excluding tert-OH is 1. The van der Waals surface area contributed by atoms with Crippen molar-refractivity contribution >= 4 is 6.09 Å². The highest BCUT2D eigenvalue weighted by Gasteiger charge is 2.20. The van der Waals surface area contributed by atoms with Gasteiger partial charge in [-0.15, -0.1) is 0 Å². The second kappa shape index (κ2) is 18.6. The third-order valence-electron chi connectivity index (χ3n) is 2.76. The van der Waals surface area contributed by atoms with Gasteiger partial charge in [0.1, 0.15) is 5.60 Å². The van der Waals surface area contributed by atoms with E-state index < -0.39 is 5.60 Å². The van der Waals surface area contributed by atoms with Gasteiger partial charge >= 0.3 is 6.09 Å².